The largest absolute Gasteiger partial charge is 0.307 e. The quantitative estimate of drug-likeness (QED) is 0.643. The second kappa shape index (κ2) is 4.84. The Balaban J connectivity index is 2.06. The van der Waals surface area contributed by atoms with Crippen molar-refractivity contribution in [3.63, 3.8) is 0 Å². The molecule has 2 rings (SSSR count). The van der Waals surface area contributed by atoms with Crippen LogP contribution in [0.3, 0.4) is 0 Å². The molecule has 4 heteroatoms. The van der Waals surface area contributed by atoms with Crippen molar-refractivity contribution in [1.82, 2.24) is 5.32 Å². The number of para-hydroxylation sites is 1. The normalized spacial score (nSPS) is 18.2. The number of hydrogen-bond acceptors (Lipinski definition) is 3. The molecule has 92 valence electrons. The number of hydrogen-bond donors (Lipinski definition) is 1. The molecule has 1 aromatic rings. The molecule has 17 heavy (non-hydrogen) atoms. The Morgan fingerprint density at radius 1 is 1.35 bits per heavy atom. The van der Waals surface area contributed by atoms with Gasteiger partial charge in [0.15, 0.2) is 0 Å². The summed E-state index contributed by atoms with van der Waals surface area (Å²) >= 11 is 0. The second-order valence-electron chi connectivity index (χ2n) is 5.01. The molecule has 1 aromatic carbocycles. The van der Waals surface area contributed by atoms with Crippen LogP contribution in [-0.4, -0.2) is 10.5 Å². The van der Waals surface area contributed by atoms with Crippen LogP contribution >= 0.6 is 0 Å². The van der Waals surface area contributed by atoms with E-state index in [-0.39, 0.29) is 16.1 Å². The number of nitrogens with one attached hydrogen (secondary N) is 1. The van der Waals surface area contributed by atoms with Gasteiger partial charge in [-0.15, -0.1) is 0 Å². The van der Waals surface area contributed by atoms with Gasteiger partial charge in [-0.05, 0) is 19.8 Å². The molecule has 0 amide bonds. The van der Waals surface area contributed by atoms with Gasteiger partial charge < -0.3 is 5.32 Å². The van der Waals surface area contributed by atoms with E-state index in [1.54, 1.807) is 12.1 Å². The predicted molar refractivity (Wildman–Crippen MR) is 66.8 cm³/mol. The molecular weight excluding hydrogens is 216 g/mol. The van der Waals surface area contributed by atoms with Crippen LogP contribution < -0.4 is 5.32 Å². The number of rotatable bonds is 4. The van der Waals surface area contributed by atoms with Gasteiger partial charge in [0.1, 0.15) is 0 Å². The SMILES string of the molecule is CC1(NCc2ccccc2[N+](=O)[O-])CCCC1. The first-order chi connectivity index (χ1) is 8.11. The lowest BCUT2D eigenvalue weighted by Crippen LogP contribution is -2.38. The van der Waals surface area contributed by atoms with Gasteiger partial charge in [-0.2, -0.15) is 0 Å². The number of benzene rings is 1. The fourth-order valence-electron chi connectivity index (χ4n) is 2.48. The van der Waals surface area contributed by atoms with Gasteiger partial charge in [-0.1, -0.05) is 31.0 Å². The third-order valence-electron chi connectivity index (χ3n) is 3.60. The van der Waals surface area contributed by atoms with E-state index in [9.17, 15) is 10.1 Å². The molecule has 0 heterocycles. The van der Waals surface area contributed by atoms with Crippen molar-refractivity contribution >= 4 is 5.69 Å². The maximum atomic E-state index is 10.9. The first-order valence-corrected chi connectivity index (χ1v) is 6.08. The smallest absolute Gasteiger partial charge is 0.273 e. The Hall–Kier alpha value is -1.42. The van der Waals surface area contributed by atoms with E-state index in [2.05, 4.69) is 12.2 Å². The molecule has 0 radical (unpaired) electrons. The van der Waals surface area contributed by atoms with Gasteiger partial charge in [0.2, 0.25) is 0 Å². The zero-order chi connectivity index (χ0) is 12.3. The lowest BCUT2D eigenvalue weighted by molar-refractivity contribution is -0.385. The Kier molecular flexibility index (Phi) is 3.43. The zero-order valence-corrected chi connectivity index (χ0v) is 10.1. The molecule has 0 spiro atoms. The van der Waals surface area contributed by atoms with Crippen molar-refractivity contribution in [2.24, 2.45) is 0 Å². The van der Waals surface area contributed by atoms with E-state index < -0.39 is 0 Å². The van der Waals surface area contributed by atoms with Crippen LogP contribution in [0.25, 0.3) is 0 Å². The molecular formula is C13H18N2O2. The Bertz CT molecular complexity index is 412. The predicted octanol–water partition coefficient (Wildman–Crippen LogP) is 3.02. The number of nitro groups is 1. The highest BCUT2D eigenvalue weighted by Crippen LogP contribution is 2.29. The van der Waals surface area contributed by atoms with Crippen LogP contribution in [0.5, 0.6) is 0 Å². The van der Waals surface area contributed by atoms with Crippen molar-refractivity contribution in [3.05, 3.63) is 39.9 Å². The zero-order valence-electron chi connectivity index (χ0n) is 10.1. The summed E-state index contributed by atoms with van der Waals surface area (Å²) in [6, 6.07) is 6.94. The lowest BCUT2D eigenvalue weighted by Gasteiger charge is -2.25. The van der Waals surface area contributed by atoms with Gasteiger partial charge in [-0.3, -0.25) is 10.1 Å². The second-order valence-corrected chi connectivity index (χ2v) is 5.01. The van der Waals surface area contributed by atoms with Crippen molar-refractivity contribution in [2.45, 2.75) is 44.7 Å². The highest BCUT2D eigenvalue weighted by Gasteiger charge is 2.28. The van der Waals surface area contributed by atoms with Crippen LogP contribution in [0.1, 0.15) is 38.2 Å². The standard InChI is InChI=1S/C13H18N2O2/c1-13(8-4-5-9-13)14-10-11-6-2-3-7-12(11)15(16)17/h2-3,6-7,14H,4-5,8-10H2,1H3. The molecule has 1 aliphatic carbocycles. The summed E-state index contributed by atoms with van der Waals surface area (Å²) in [5, 5.41) is 14.3. The molecule has 0 aromatic heterocycles. The molecule has 1 aliphatic rings. The first-order valence-electron chi connectivity index (χ1n) is 6.08. The van der Waals surface area contributed by atoms with Crippen LogP contribution in [0, 0.1) is 10.1 Å². The third kappa shape index (κ3) is 2.82. The molecule has 0 bridgehead atoms. The minimum Gasteiger partial charge on any atom is -0.307 e. The van der Waals surface area contributed by atoms with Crippen LogP contribution in [0.4, 0.5) is 5.69 Å². The Morgan fingerprint density at radius 3 is 2.65 bits per heavy atom. The van der Waals surface area contributed by atoms with E-state index in [0.717, 1.165) is 18.4 Å². The van der Waals surface area contributed by atoms with Crippen molar-refractivity contribution in [1.29, 1.82) is 0 Å². The molecule has 1 N–H and O–H groups in total. The van der Waals surface area contributed by atoms with Gasteiger partial charge in [0.05, 0.1) is 4.92 Å². The average molecular weight is 234 g/mol. The maximum absolute atomic E-state index is 10.9. The maximum Gasteiger partial charge on any atom is 0.273 e. The Labute approximate surface area is 101 Å². The summed E-state index contributed by atoms with van der Waals surface area (Å²) in [5.74, 6) is 0. The van der Waals surface area contributed by atoms with Crippen molar-refractivity contribution < 1.29 is 4.92 Å². The fourth-order valence-corrected chi connectivity index (χ4v) is 2.48. The van der Waals surface area contributed by atoms with E-state index in [1.807, 2.05) is 12.1 Å². The van der Waals surface area contributed by atoms with Crippen LogP contribution in [0.2, 0.25) is 0 Å². The Morgan fingerprint density at radius 2 is 2.00 bits per heavy atom. The fraction of sp³-hybridized carbons (Fsp3) is 0.538. The van der Waals surface area contributed by atoms with E-state index in [4.69, 9.17) is 0 Å². The van der Waals surface area contributed by atoms with E-state index >= 15 is 0 Å². The van der Waals surface area contributed by atoms with E-state index in [1.165, 1.54) is 12.8 Å². The molecule has 1 saturated carbocycles. The summed E-state index contributed by atoms with van der Waals surface area (Å²) in [7, 11) is 0. The van der Waals surface area contributed by atoms with Gasteiger partial charge >= 0.3 is 0 Å². The first kappa shape index (κ1) is 12.0. The third-order valence-corrected chi connectivity index (χ3v) is 3.60. The van der Waals surface area contributed by atoms with Crippen molar-refractivity contribution in [3.8, 4) is 0 Å². The lowest BCUT2D eigenvalue weighted by atomic mass is 10.00. The van der Waals surface area contributed by atoms with Crippen LogP contribution in [0.15, 0.2) is 24.3 Å². The molecule has 0 atom stereocenters. The molecule has 0 unspecified atom stereocenters. The number of nitrogens with zero attached hydrogens (tertiary/aromatic N) is 1. The summed E-state index contributed by atoms with van der Waals surface area (Å²) in [6.45, 7) is 2.78. The summed E-state index contributed by atoms with van der Waals surface area (Å²) in [6.07, 6.45) is 4.82. The minimum atomic E-state index is -0.312. The van der Waals surface area contributed by atoms with E-state index in [0.29, 0.717) is 6.54 Å². The summed E-state index contributed by atoms with van der Waals surface area (Å²) in [4.78, 5) is 10.6. The highest BCUT2D eigenvalue weighted by molar-refractivity contribution is 5.39. The molecule has 0 saturated heterocycles. The summed E-state index contributed by atoms with van der Waals surface area (Å²) in [5.41, 5.74) is 1.14. The van der Waals surface area contributed by atoms with Crippen LogP contribution in [-0.2, 0) is 6.54 Å². The average Bonchev–Trinajstić information content (AvgIpc) is 2.74. The van der Waals surface area contributed by atoms with Crippen molar-refractivity contribution in [2.75, 3.05) is 0 Å². The highest BCUT2D eigenvalue weighted by atomic mass is 16.6. The molecule has 1 fully saturated rings. The topological polar surface area (TPSA) is 55.2 Å². The summed E-state index contributed by atoms with van der Waals surface area (Å²) < 4.78 is 0. The molecule has 0 aliphatic heterocycles. The number of nitro benzene ring substituents is 1. The van der Waals surface area contributed by atoms with Gasteiger partial charge in [0.25, 0.3) is 5.69 Å². The molecule has 4 nitrogen and oxygen atoms in total. The monoisotopic (exact) mass is 234 g/mol. The minimum absolute atomic E-state index is 0.156. The van der Waals surface area contributed by atoms with Gasteiger partial charge in [-0.25, -0.2) is 0 Å². The van der Waals surface area contributed by atoms with Gasteiger partial charge in [0, 0.05) is 23.7 Å².